The largest absolute Gasteiger partial charge is 0.466 e. The number of aromatic nitrogens is 2. The molecule has 1 aromatic heterocycles. The van der Waals surface area contributed by atoms with E-state index in [-0.39, 0.29) is 5.97 Å². The van der Waals surface area contributed by atoms with E-state index >= 15 is 0 Å². The maximum Gasteiger partial charge on any atom is 0.306 e. The average Bonchev–Trinajstić information content (AvgIpc) is 2.44. The lowest BCUT2D eigenvalue weighted by molar-refractivity contribution is -0.143. The highest BCUT2D eigenvalue weighted by molar-refractivity contribution is 5.69. The van der Waals surface area contributed by atoms with Crippen molar-refractivity contribution in [2.45, 2.75) is 19.8 Å². The minimum absolute atomic E-state index is 0.201. The average molecular weight is 197 g/mol. The van der Waals surface area contributed by atoms with E-state index in [4.69, 9.17) is 10.5 Å². The molecule has 0 atom stereocenters. The molecule has 5 heteroatoms. The van der Waals surface area contributed by atoms with Crippen molar-refractivity contribution in [2.24, 2.45) is 7.05 Å². The van der Waals surface area contributed by atoms with Gasteiger partial charge in [0.05, 0.1) is 30.6 Å². The normalized spacial score (nSPS) is 10.1. The number of carbonyl (C=O) groups is 1. The number of nitrogen functional groups attached to an aromatic ring is 1. The van der Waals surface area contributed by atoms with Gasteiger partial charge in [0.15, 0.2) is 0 Å². The first kappa shape index (κ1) is 10.6. The molecule has 2 N–H and O–H groups in total. The molecule has 0 radical (unpaired) electrons. The van der Waals surface area contributed by atoms with Crippen LogP contribution in [-0.4, -0.2) is 22.4 Å². The van der Waals surface area contributed by atoms with Crippen LogP contribution in [0.4, 0.5) is 5.69 Å². The van der Waals surface area contributed by atoms with Crippen LogP contribution in [0.1, 0.15) is 19.0 Å². The van der Waals surface area contributed by atoms with Crippen LogP contribution in [0.2, 0.25) is 0 Å². The van der Waals surface area contributed by atoms with Crippen molar-refractivity contribution in [1.82, 2.24) is 9.78 Å². The molecule has 0 aromatic carbocycles. The molecule has 14 heavy (non-hydrogen) atoms. The lowest BCUT2D eigenvalue weighted by atomic mass is 10.2. The zero-order chi connectivity index (χ0) is 10.6. The SMILES string of the molecule is CCOC(=O)CCc1c(N)cnn1C. The van der Waals surface area contributed by atoms with Crippen molar-refractivity contribution >= 4 is 11.7 Å². The highest BCUT2D eigenvalue weighted by atomic mass is 16.5. The summed E-state index contributed by atoms with van der Waals surface area (Å²) in [5.41, 5.74) is 7.16. The molecule has 1 aromatic rings. The first-order valence-electron chi connectivity index (χ1n) is 4.57. The predicted molar refractivity (Wildman–Crippen MR) is 52.6 cm³/mol. The Morgan fingerprint density at radius 3 is 2.93 bits per heavy atom. The number of anilines is 1. The molecule has 0 aliphatic heterocycles. The van der Waals surface area contributed by atoms with Crippen molar-refractivity contribution in [3.63, 3.8) is 0 Å². The molecule has 0 saturated heterocycles. The third-order valence-corrected chi connectivity index (χ3v) is 1.97. The summed E-state index contributed by atoms with van der Waals surface area (Å²) in [6.07, 6.45) is 2.50. The molecule has 78 valence electrons. The summed E-state index contributed by atoms with van der Waals surface area (Å²) in [6.45, 7) is 2.20. The summed E-state index contributed by atoms with van der Waals surface area (Å²) in [6, 6.07) is 0. The van der Waals surface area contributed by atoms with Crippen molar-refractivity contribution < 1.29 is 9.53 Å². The highest BCUT2D eigenvalue weighted by Gasteiger charge is 2.08. The van der Waals surface area contributed by atoms with Crippen LogP contribution in [0.3, 0.4) is 0 Å². The lowest BCUT2D eigenvalue weighted by Gasteiger charge is -2.03. The lowest BCUT2D eigenvalue weighted by Crippen LogP contribution is -2.08. The molecule has 0 amide bonds. The second kappa shape index (κ2) is 4.64. The molecular weight excluding hydrogens is 182 g/mol. The summed E-state index contributed by atoms with van der Waals surface area (Å²) in [4.78, 5) is 11.1. The van der Waals surface area contributed by atoms with Crippen LogP contribution in [0.5, 0.6) is 0 Å². The van der Waals surface area contributed by atoms with Gasteiger partial charge in [-0.2, -0.15) is 5.10 Å². The van der Waals surface area contributed by atoms with Crippen molar-refractivity contribution in [2.75, 3.05) is 12.3 Å². The minimum Gasteiger partial charge on any atom is -0.466 e. The third-order valence-electron chi connectivity index (χ3n) is 1.97. The number of nitrogens with two attached hydrogens (primary N) is 1. The van der Waals surface area contributed by atoms with Gasteiger partial charge < -0.3 is 10.5 Å². The number of ether oxygens (including phenoxy) is 1. The van der Waals surface area contributed by atoms with E-state index < -0.39 is 0 Å². The van der Waals surface area contributed by atoms with Gasteiger partial charge in [0.1, 0.15) is 0 Å². The van der Waals surface area contributed by atoms with Crippen LogP contribution in [0.25, 0.3) is 0 Å². The molecular formula is C9H15N3O2. The topological polar surface area (TPSA) is 70.1 Å². The molecule has 0 unspecified atom stereocenters. The Morgan fingerprint density at radius 2 is 2.43 bits per heavy atom. The highest BCUT2D eigenvalue weighted by Crippen LogP contribution is 2.11. The molecule has 5 nitrogen and oxygen atoms in total. The second-order valence-corrected chi connectivity index (χ2v) is 2.98. The van der Waals surface area contributed by atoms with Gasteiger partial charge in [0.25, 0.3) is 0 Å². The zero-order valence-electron chi connectivity index (χ0n) is 8.49. The van der Waals surface area contributed by atoms with E-state index in [1.807, 2.05) is 0 Å². The van der Waals surface area contributed by atoms with Gasteiger partial charge in [-0.1, -0.05) is 0 Å². The fourth-order valence-electron chi connectivity index (χ4n) is 1.24. The van der Waals surface area contributed by atoms with E-state index in [0.717, 1.165) is 5.69 Å². The van der Waals surface area contributed by atoms with Gasteiger partial charge in [-0.3, -0.25) is 9.48 Å². The minimum atomic E-state index is -0.201. The molecule has 0 fully saturated rings. The summed E-state index contributed by atoms with van der Waals surface area (Å²) in [7, 11) is 1.80. The molecule has 0 aliphatic carbocycles. The fourth-order valence-corrected chi connectivity index (χ4v) is 1.24. The predicted octanol–water partition coefficient (Wildman–Crippen LogP) is 0.498. The van der Waals surface area contributed by atoms with Gasteiger partial charge in [-0.05, 0) is 6.92 Å². The van der Waals surface area contributed by atoms with Crippen LogP contribution >= 0.6 is 0 Å². The standard InChI is InChI=1S/C9H15N3O2/c1-3-14-9(13)5-4-8-7(10)6-11-12(8)2/h6H,3-5,10H2,1-2H3. The van der Waals surface area contributed by atoms with E-state index in [9.17, 15) is 4.79 Å². The number of hydrogen-bond donors (Lipinski definition) is 1. The molecule has 0 saturated carbocycles. The molecule has 0 spiro atoms. The first-order valence-corrected chi connectivity index (χ1v) is 4.57. The molecule has 0 bridgehead atoms. The summed E-state index contributed by atoms with van der Waals surface area (Å²) in [5, 5.41) is 3.98. The monoisotopic (exact) mass is 197 g/mol. The Kier molecular flexibility index (Phi) is 3.50. The zero-order valence-corrected chi connectivity index (χ0v) is 8.49. The maximum atomic E-state index is 11.1. The van der Waals surface area contributed by atoms with E-state index in [1.54, 1.807) is 24.9 Å². The number of carbonyl (C=O) groups excluding carboxylic acids is 1. The number of aryl methyl sites for hydroxylation is 1. The van der Waals surface area contributed by atoms with Crippen LogP contribution in [0.15, 0.2) is 6.20 Å². The van der Waals surface area contributed by atoms with Crippen LogP contribution < -0.4 is 5.73 Å². The van der Waals surface area contributed by atoms with E-state index in [2.05, 4.69) is 5.10 Å². The Bertz CT molecular complexity index is 300. The summed E-state index contributed by atoms with van der Waals surface area (Å²) >= 11 is 0. The van der Waals surface area contributed by atoms with Gasteiger partial charge in [-0.25, -0.2) is 0 Å². The summed E-state index contributed by atoms with van der Waals surface area (Å²) in [5.74, 6) is -0.201. The maximum absolute atomic E-state index is 11.1. The van der Waals surface area contributed by atoms with Crippen molar-refractivity contribution in [1.29, 1.82) is 0 Å². The van der Waals surface area contributed by atoms with E-state index in [0.29, 0.717) is 25.1 Å². The number of esters is 1. The Labute approximate surface area is 82.8 Å². The van der Waals surface area contributed by atoms with Gasteiger partial charge in [0, 0.05) is 13.5 Å². The number of rotatable bonds is 4. The number of nitrogens with zero attached hydrogens (tertiary/aromatic N) is 2. The second-order valence-electron chi connectivity index (χ2n) is 2.98. The number of hydrogen-bond acceptors (Lipinski definition) is 4. The van der Waals surface area contributed by atoms with Gasteiger partial charge in [-0.15, -0.1) is 0 Å². The Morgan fingerprint density at radius 1 is 1.71 bits per heavy atom. The molecule has 1 heterocycles. The van der Waals surface area contributed by atoms with E-state index in [1.165, 1.54) is 0 Å². The summed E-state index contributed by atoms with van der Waals surface area (Å²) < 4.78 is 6.49. The Hall–Kier alpha value is -1.52. The quantitative estimate of drug-likeness (QED) is 0.713. The van der Waals surface area contributed by atoms with Crippen LogP contribution in [0, 0.1) is 0 Å². The van der Waals surface area contributed by atoms with Gasteiger partial charge in [0.2, 0.25) is 0 Å². The Balaban J connectivity index is 2.49. The molecule has 1 rings (SSSR count). The van der Waals surface area contributed by atoms with Gasteiger partial charge >= 0.3 is 5.97 Å². The van der Waals surface area contributed by atoms with Crippen molar-refractivity contribution in [3.05, 3.63) is 11.9 Å². The fraction of sp³-hybridized carbons (Fsp3) is 0.556. The van der Waals surface area contributed by atoms with Crippen molar-refractivity contribution in [3.8, 4) is 0 Å². The third kappa shape index (κ3) is 2.48. The molecule has 0 aliphatic rings. The smallest absolute Gasteiger partial charge is 0.306 e. The van der Waals surface area contributed by atoms with Crippen LogP contribution in [-0.2, 0) is 23.0 Å². The first-order chi connectivity index (χ1) is 6.65.